The molecule has 0 spiro atoms. The Labute approximate surface area is 193 Å². The van der Waals surface area contributed by atoms with Crippen LogP contribution in [0.3, 0.4) is 0 Å². The summed E-state index contributed by atoms with van der Waals surface area (Å²) in [5.41, 5.74) is 16.2. The largest absolute Gasteiger partial charge is 0.480 e. The molecule has 0 aromatic rings. The van der Waals surface area contributed by atoms with Crippen LogP contribution in [0.15, 0.2) is 0 Å². The average Bonchev–Trinajstić information content (AvgIpc) is 2.72. The number of rotatable bonds is 16. The second-order valence-corrected chi connectivity index (χ2v) is 8.25. The number of aliphatic carboxylic acids is 1. The van der Waals surface area contributed by atoms with E-state index in [2.05, 4.69) is 16.0 Å². The third kappa shape index (κ3) is 11.6. The topological polar surface area (TPSA) is 240 Å². The minimum atomic E-state index is -1.27. The van der Waals surface area contributed by atoms with Crippen molar-refractivity contribution in [3.63, 3.8) is 0 Å². The van der Waals surface area contributed by atoms with Gasteiger partial charge in [-0.05, 0) is 45.1 Å². The van der Waals surface area contributed by atoms with Gasteiger partial charge in [-0.25, -0.2) is 4.79 Å². The summed E-state index contributed by atoms with van der Waals surface area (Å²) >= 11 is 0. The number of carboxylic acids is 1. The van der Waals surface area contributed by atoms with Gasteiger partial charge in [0.25, 0.3) is 0 Å². The summed E-state index contributed by atoms with van der Waals surface area (Å²) in [6, 6.07) is -4.85. The van der Waals surface area contributed by atoms with Crippen molar-refractivity contribution < 1.29 is 34.2 Å². The van der Waals surface area contributed by atoms with Crippen LogP contribution in [0.1, 0.15) is 52.9 Å². The van der Waals surface area contributed by atoms with Gasteiger partial charge in [0.1, 0.15) is 24.2 Å². The molecule has 0 aliphatic carbocycles. The Morgan fingerprint density at radius 3 is 1.88 bits per heavy atom. The summed E-state index contributed by atoms with van der Waals surface area (Å²) in [6.45, 7) is 4.99. The van der Waals surface area contributed by atoms with E-state index in [9.17, 15) is 34.2 Å². The minimum Gasteiger partial charge on any atom is -0.480 e. The van der Waals surface area contributed by atoms with Crippen molar-refractivity contribution in [2.24, 2.45) is 23.1 Å². The summed E-state index contributed by atoms with van der Waals surface area (Å²) in [5, 5.41) is 26.1. The van der Waals surface area contributed by atoms with Crippen LogP contribution in [-0.2, 0) is 24.0 Å². The fraction of sp³-hybridized carbons (Fsp3) is 0.750. The van der Waals surface area contributed by atoms with Gasteiger partial charge in [0.2, 0.25) is 23.6 Å². The van der Waals surface area contributed by atoms with Crippen LogP contribution in [0.25, 0.3) is 0 Å². The summed E-state index contributed by atoms with van der Waals surface area (Å²) in [5.74, 6) is -4.69. The molecular weight excluding hydrogens is 436 g/mol. The lowest BCUT2D eigenvalue weighted by Gasteiger charge is -2.27. The number of nitrogens with one attached hydrogen (secondary N) is 3. The third-order valence-electron chi connectivity index (χ3n) is 4.94. The van der Waals surface area contributed by atoms with Crippen LogP contribution in [0.4, 0.5) is 0 Å². The van der Waals surface area contributed by atoms with Crippen molar-refractivity contribution in [1.29, 1.82) is 0 Å². The van der Waals surface area contributed by atoms with Crippen LogP contribution in [0.2, 0.25) is 0 Å². The molecule has 0 bridgehead atoms. The van der Waals surface area contributed by atoms with E-state index in [4.69, 9.17) is 17.2 Å². The molecule has 0 heterocycles. The Balaban J connectivity index is 5.46. The lowest BCUT2D eigenvalue weighted by molar-refractivity contribution is -0.142. The van der Waals surface area contributed by atoms with Gasteiger partial charge in [-0.15, -0.1) is 0 Å². The zero-order valence-corrected chi connectivity index (χ0v) is 19.4. The Bertz CT molecular complexity index is 686. The number of aliphatic hydroxyl groups is 1. The van der Waals surface area contributed by atoms with Gasteiger partial charge in [0, 0.05) is 6.42 Å². The number of primary amides is 1. The molecule has 4 amide bonds. The molecule has 5 unspecified atom stereocenters. The summed E-state index contributed by atoms with van der Waals surface area (Å²) in [4.78, 5) is 60.5. The number of hydrogen-bond donors (Lipinski definition) is 8. The molecule has 33 heavy (non-hydrogen) atoms. The van der Waals surface area contributed by atoms with E-state index in [0.717, 1.165) is 0 Å². The maximum absolute atomic E-state index is 12.8. The van der Waals surface area contributed by atoms with Gasteiger partial charge in [0.15, 0.2) is 0 Å². The molecule has 0 aromatic heterocycles. The Hall–Kier alpha value is -2.77. The molecule has 0 aromatic carbocycles. The third-order valence-corrected chi connectivity index (χ3v) is 4.94. The lowest BCUT2D eigenvalue weighted by Crippen LogP contribution is -2.59. The Kier molecular flexibility index (Phi) is 13.9. The molecule has 11 N–H and O–H groups in total. The predicted molar refractivity (Wildman–Crippen MR) is 119 cm³/mol. The highest BCUT2D eigenvalue weighted by Gasteiger charge is 2.32. The quantitative estimate of drug-likeness (QED) is 0.108. The van der Waals surface area contributed by atoms with E-state index in [1.165, 1.54) is 6.92 Å². The fourth-order valence-electron chi connectivity index (χ4n) is 2.84. The smallest absolute Gasteiger partial charge is 0.326 e. The van der Waals surface area contributed by atoms with Crippen molar-refractivity contribution in [1.82, 2.24) is 16.0 Å². The first-order valence-corrected chi connectivity index (χ1v) is 10.9. The standard InChI is InChI=1S/C20H38N6O7/c1-10(2)16(26-18(30)15(23)11(3)27)19(31)24-12(7-8-14(22)28)17(29)25-13(20(32)33)6-4-5-9-21/h10-13,15-16,27H,4-9,21,23H2,1-3H3,(H2,22,28)(H,24,31)(H,25,29)(H,26,30)(H,32,33). The second kappa shape index (κ2) is 15.1. The molecule has 5 atom stereocenters. The number of amides is 4. The Morgan fingerprint density at radius 2 is 1.42 bits per heavy atom. The van der Waals surface area contributed by atoms with Gasteiger partial charge >= 0.3 is 5.97 Å². The van der Waals surface area contributed by atoms with Crippen LogP contribution < -0.4 is 33.2 Å². The number of aliphatic hydroxyl groups excluding tert-OH is 1. The van der Waals surface area contributed by atoms with E-state index in [-0.39, 0.29) is 19.3 Å². The molecule has 0 saturated carbocycles. The minimum absolute atomic E-state index is 0.136. The van der Waals surface area contributed by atoms with Crippen molar-refractivity contribution in [2.75, 3.05) is 6.54 Å². The lowest BCUT2D eigenvalue weighted by atomic mass is 10.0. The molecule has 190 valence electrons. The molecule has 13 heteroatoms. The van der Waals surface area contributed by atoms with Gasteiger partial charge in [-0.1, -0.05) is 13.8 Å². The summed E-state index contributed by atoms with van der Waals surface area (Å²) < 4.78 is 0. The normalized spacial score (nSPS) is 15.6. The SMILES string of the molecule is CC(C)C(NC(=O)C(N)C(C)O)C(=O)NC(CCC(N)=O)C(=O)NC(CCCCN)C(=O)O. The van der Waals surface area contributed by atoms with Crippen molar-refractivity contribution in [3.05, 3.63) is 0 Å². The molecule has 0 saturated heterocycles. The molecule has 0 rings (SSSR count). The van der Waals surface area contributed by atoms with E-state index in [1.807, 2.05) is 0 Å². The zero-order valence-electron chi connectivity index (χ0n) is 19.4. The number of unbranched alkanes of at least 4 members (excludes halogenated alkanes) is 1. The van der Waals surface area contributed by atoms with Crippen LogP contribution in [0.5, 0.6) is 0 Å². The number of carbonyl (C=O) groups is 5. The number of carboxylic acid groups (broad SMARTS) is 1. The number of hydrogen-bond acceptors (Lipinski definition) is 8. The van der Waals surface area contributed by atoms with Crippen molar-refractivity contribution >= 4 is 29.6 Å². The maximum atomic E-state index is 12.8. The molecule has 0 fully saturated rings. The molecule has 0 radical (unpaired) electrons. The number of nitrogens with two attached hydrogens (primary N) is 3. The highest BCUT2D eigenvalue weighted by atomic mass is 16.4. The van der Waals surface area contributed by atoms with E-state index in [1.54, 1.807) is 13.8 Å². The van der Waals surface area contributed by atoms with Crippen molar-refractivity contribution in [3.8, 4) is 0 Å². The zero-order chi connectivity index (χ0) is 25.7. The first-order valence-electron chi connectivity index (χ1n) is 10.9. The molecule has 0 aliphatic rings. The first-order chi connectivity index (χ1) is 15.3. The van der Waals surface area contributed by atoms with Gasteiger partial charge in [-0.2, -0.15) is 0 Å². The highest BCUT2D eigenvalue weighted by Crippen LogP contribution is 2.07. The second-order valence-electron chi connectivity index (χ2n) is 8.25. The van der Waals surface area contributed by atoms with Crippen LogP contribution >= 0.6 is 0 Å². The monoisotopic (exact) mass is 474 g/mol. The van der Waals surface area contributed by atoms with Gasteiger partial charge < -0.3 is 43.4 Å². The number of carbonyl (C=O) groups excluding carboxylic acids is 4. The van der Waals surface area contributed by atoms with Gasteiger partial charge in [0.05, 0.1) is 6.10 Å². The molecular formula is C20H38N6O7. The summed E-state index contributed by atoms with van der Waals surface area (Å²) in [7, 11) is 0. The van der Waals surface area contributed by atoms with E-state index < -0.39 is 65.8 Å². The molecule has 0 aliphatic heterocycles. The highest BCUT2D eigenvalue weighted by molar-refractivity contribution is 5.94. The van der Waals surface area contributed by atoms with Crippen LogP contribution in [0, 0.1) is 5.92 Å². The fourth-order valence-corrected chi connectivity index (χ4v) is 2.84. The van der Waals surface area contributed by atoms with E-state index >= 15 is 0 Å². The predicted octanol–water partition coefficient (Wildman–Crippen LogP) is -2.72. The van der Waals surface area contributed by atoms with Gasteiger partial charge in [-0.3, -0.25) is 19.2 Å². The molecule has 13 nitrogen and oxygen atoms in total. The van der Waals surface area contributed by atoms with Crippen LogP contribution in [-0.4, -0.2) is 76.6 Å². The average molecular weight is 475 g/mol. The maximum Gasteiger partial charge on any atom is 0.326 e. The van der Waals surface area contributed by atoms with E-state index in [0.29, 0.717) is 19.4 Å². The first kappa shape index (κ1) is 30.2. The Morgan fingerprint density at radius 1 is 0.848 bits per heavy atom. The summed E-state index contributed by atoms with van der Waals surface area (Å²) in [6.07, 6.45) is -0.384. The van der Waals surface area contributed by atoms with Crippen molar-refractivity contribution in [2.45, 2.75) is 83.1 Å².